The monoisotopic (exact) mass is 282 g/mol. The normalized spacial score (nSPS) is 24.4. The molecule has 1 heterocycles. The van der Waals surface area contributed by atoms with E-state index >= 15 is 0 Å². The fourth-order valence-electron chi connectivity index (χ4n) is 3.54. The number of likely N-dealkylation sites (tertiary alicyclic amines) is 1. The van der Waals surface area contributed by atoms with Crippen LogP contribution in [0.4, 0.5) is 0 Å². The van der Waals surface area contributed by atoms with Crippen molar-refractivity contribution in [1.82, 2.24) is 9.80 Å². The molecular weight excluding hydrogens is 256 g/mol. The second kappa shape index (κ2) is 5.99. The standard InChI is InChI=1S/C14H26N4O2/c1-17(2)11-5-9-18(10-6-11)13(19)14(12(15)16-20)7-3-4-8-14/h11,20H,3-10H2,1-2H3,(H2,15,16). The Bertz CT molecular complexity index is 381. The lowest BCUT2D eigenvalue weighted by atomic mass is 9.82. The van der Waals surface area contributed by atoms with Gasteiger partial charge in [0, 0.05) is 19.1 Å². The molecule has 0 aromatic heterocycles. The van der Waals surface area contributed by atoms with Crippen molar-refractivity contribution < 1.29 is 10.0 Å². The van der Waals surface area contributed by atoms with Crippen LogP contribution in [0.15, 0.2) is 5.16 Å². The van der Waals surface area contributed by atoms with E-state index in [2.05, 4.69) is 24.2 Å². The third kappa shape index (κ3) is 2.61. The van der Waals surface area contributed by atoms with Crippen molar-refractivity contribution in [2.75, 3.05) is 27.2 Å². The maximum absolute atomic E-state index is 12.8. The van der Waals surface area contributed by atoms with Crippen molar-refractivity contribution in [3.63, 3.8) is 0 Å². The van der Waals surface area contributed by atoms with Crippen LogP contribution in [0.25, 0.3) is 0 Å². The Morgan fingerprint density at radius 1 is 1.30 bits per heavy atom. The summed E-state index contributed by atoms with van der Waals surface area (Å²) < 4.78 is 0. The number of hydrogen-bond acceptors (Lipinski definition) is 4. The molecular formula is C14H26N4O2. The zero-order chi connectivity index (χ0) is 14.8. The van der Waals surface area contributed by atoms with Crippen molar-refractivity contribution in [3.8, 4) is 0 Å². The number of rotatable bonds is 3. The van der Waals surface area contributed by atoms with Gasteiger partial charge in [0.2, 0.25) is 5.91 Å². The van der Waals surface area contributed by atoms with Gasteiger partial charge in [0.1, 0.15) is 5.41 Å². The van der Waals surface area contributed by atoms with Crippen LogP contribution in [0, 0.1) is 5.41 Å². The summed E-state index contributed by atoms with van der Waals surface area (Å²) in [6, 6.07) is 0.544. The molecule has 6 nitrogen and oxygen atoms in total. The molecule has 1 amide bonds. The maximum atomic E-state index is 12.8. The summed E-state index contributed by atoms with van der Waals surface area (Å²) in [6.45, 7) is 1.53. The first kappa shape index (κ1) is 15.1. The van der Waals surface area contributed by atoms with Gasteiger partial charge in [-0.15, -0.1) is 0 Å². The molecule has 1 saturated carbocycles. The second-order valence-corrected chi connectivity index (χ2v) is 6.26. The SMILES string of the molecule is CN(C)C1CCN(C(=O)C2(C(N)=NO)CCCC2)CC1. The summed E-state index contributed by atoms with van der Waals surface area (Å²) in [6.07, 6.45) is 5.33. The molecule has 2 rings (SSSR count). The molecule has 3 N–H and O–H groups in total. The van der Waals surface area contributed by atoms with Gasteiger partial charge in [-0.05, 0) is 39.8 Å². The van der Waals surface area contributed by atoms with Gasteiger partial charge in [-0.2, -0.15) is 0 Å². The Morgan fingerprint density at radius 2 is 1.85 bits per heavy atom. The third-order valence-electron chi connectivity index (χ3n) is 4.95. The molecule has 2 aliphatic rings. The van der Waals surface area contributed by atoms with Crippen LogP contribution in [0.5, 0.6) is 0 Å². The van der Waals surface area contributed by atoms with Crippen molar-refractivity contribution >= 4 is 11.7 Å². The minimum Gasteiger partial charge on any atom is -0.409 e. The van der Waals surface area contributed by atoms with Gasteiger partial charge in [0.25, 0.3) is 0 Å². The molecule has 0 aromatic carbocycles. The average Bonchev–Trinajstić information content (AvgIpc) is 2.96. The van der Waals surface area contributed by atoms with Crippen molar-refractivity contribution in [2.45, 2.75) is 44.6 Å². The summed E-state index contributed by atoms with van der Waals surface area (Å²) in [4.78, 5) is 17.0. The van der Waals surface area contributed by atoms with E-state index in [0.29, 0.717) is 18.9 Å². The third-order valence-corrected chi connectivity index (χ3v) is 4.95. The smallest absolute Gasteiger partial charge is 0.236 e. The number of oxime groups is 1. The van der Waals surface area contributed by atoms with Crippen molar-refractivity contribution in [3.05, 3.63) is 0 Å². The molecule has 0 radical (unpaired) electrons. The van der Waals surface area contributed by atoms with E-state index in [0.717, 1.165) is 38.8 Å². The second-order valence-electron chi connectivity index (χ2n) is 6.26. The van der Waals surface area contributed by atoms with Crippen LogP contribution in [0.2, 0.25) is 0 Å². The van der Waals surface area contributed by atoms with Gasteiger partial charge in [0.05, 0.1) is 0 Å². The Hall–Kier alpha value is -1.30. The number of hydrogen-bond donors (Lipinski definition) is 2. The quantitative estimate of drug-likeness (QED) is 0.348. The first-order valence-electron chi connectivity index (χ1n) is 7.45. The molecule has 0 bridgehead atoms. The minimum atomic E-state index is -0.750. The van der Waals surface area contributed by atoms with Gasteiger partial charge in [-0.3, -0.25) is 4.79 Å². The van der Waals surface area contributed by atoms with E-state index < -0.39 is 5.41 Å². The molecule has 2 fully saturated rings. The Morgan fingerprint density at radius 3 is 2.30 bits per heavy atom. The Balaban J connectivity index is 2.07. The fourth-order valence-corrected chi connectivity index (χ4v) is 3.54. The van der Waals surface area contributed by atoms with Crippen LogP contribution in [-0.4, -0.2) is 60.0 Å². The maximum Gasteiger partial charge on any atom is 0.236 e. The minimum absolute atomic E-state index is 0.0579. The summed E-state index contributed by atoms with van der Waals surface area (Å²) in [5, 5.41) is 12.1. The lowest BCUT2D eigenvalue weighted by Crippen LogP contribution is -2.53. The first-order chi connectivity index (χ1) is 9.51. The molecule has 114 valence electrons. The van der Waals surface area contributed by atoms with Crippen molar-refractivity contribution in [2.24, 2.45) is 16.3 Å². The summed E-state index contributed by atoms with van der Waals surface area (Å²) in [5.74, 6) is 0.150. The highest BCUT2D eigenvalue weighted by atomic mass is 16.4. The van der Waals surface area contributed by atoms with E-state index in [9.17, 15) is 4.79 Å². The van der Waals surface area contributed by atoms with Gasteiger partial charge < -0.3 is 20.7 Å². The summed E-state index contributed by atoms with van der Waals surface area (Å²) >= 11 is 0. The molecule has 0 spiro atoms. The molecule has 6 heteroatoms. The predicted molar refractivity (Wildman–Crippen MR) is 77.6 cm³/mol. The van der Waals surface area contributed by atoms with Crippen LogP contribution in [0.3, 0.4) is 0 Å². The summed E-state index contributed by atoms with van der Waals surface area (Å²) in [5.41, 5.74) is 5.09. The van der Waals surface area contributed by atoms with Crippen LogP contribution in [-0.2, 0) is 4.79 Å². The Labute approximate surface area is 120 Å². The van der Waals surface area contributed by atoms with Gasteiger partial charge in [-0.25, -0.2) is 0 Å². The average molecular weight is 282 g/mol. The molecule has 1 aliphatic carbocycles. The zero-order valence-electron chi connectivity index (χ0n) is 12.5. The van der Waals surface area contributed by atoms with Gasteiger partial charge in [0.15, 0.2) is 5.84 Å². The van der Waals surface area contributed by atoms with E-state index in [1.54, 1.807) is 0 Å². The zero-order valence-corrected chi connectivity index (χ0v) is 12.5. The number of carbonyl (C=O) groups excluding carboxylic acids is 1. The predicted octanol–water partition coefficient (Wildman–Crippen LogP) is 0.846. The lowest BCUT2D eigenvalue weighted by Gasteiger charge is -2.39. The first-order valence-corrected chi connectivity index (χ1v) is 7.45. The Kier molecular flexibility index (Phi) is 4.52. The van der Waals surface area contributed by atoms with E-state index in [1.807, 2.05) is 4.90 Å². The molecule has 1 saturated heterocycles. The molecule has 0 atom stereocenters. The number of carbonyl (C=O) groups is 1. The molecule has 0 unspecified atom stereocenters. The van der Waals surface area contributed by atoms with Gasteiger partial charge in [-0.1, -0.05) is 18.0 Å². The van der Waals surface area contributed by atoms with E-state index in [1.165, 1.54) is 0 Å². The van der Waals surface area contributed by atoms with Crippen LogP contribution < -0.4 is 5.73 Å². The highest BCUT2D eigenvalue weighted by Crippen LogP contribution is 2.40. The number of amides is 1. The topological polar surface area (TPSA) is 82.2 Å². The number of nitrogens with zero attached hydrogens (tertiary/aromatic N) is 3. The molecule has 1 aliphatic heterocycles. The number of nitrogens with two attached hydrogens (primary N) is 1. The highest BCUT2D eigenvalue weighted by Gasteiger charge is 2.47. The fraction of sp³-hybridized carbons (Fsp3) is 0.857. The highest BCUT2D eigenvalue weighted by molar-refractivity contribution is 6.07. The molecule has 0 aromatic rings. The van der Waals surface area contributed by atoms with Gasteiger partial charge >= 0.3 is 0 Å². The summed E-state index contributed by atoms with van der Waals surface area (Å²) in [7, 11) is 4.16. The van der Waals surface area contributed by atoms with E-state index in [4.69, 9.17) is 10.9 Å². The number of piperidine rings is 1. The van der Waals surface area contributed by atoms with Crippen molar-refractivity contribution in [1.29, 1.82) is 0 Å². The lowest BCUT2D eigenvalue weighted by molar-refractivity contribution is -0.139. The largest absolute Gasteiger partial charge is 0.409 e. The number of amidine groups is 1. The van der Waals surface area contributed by atoms with Crippen LogP contribution >= 0.6 is 0 Å². The van der Waals surface area contributed by atoms with Crippen LogP contribution in [0.1, 0.15) is 38.5 Å². The molecule has 20 heavy (non-hydrogen) atoms. The van der Waals surface area contributed by atoms with E-state index in [-0.39, 0.29) is 11.7 Å².